The molecule has 1 aliphatic heterocycles. The number of amides is 1. The van der Waals surface area contributed by atoms with Crippen LogP contribution >= 0.6 is 11.6 Å². The first-order valence-electron chi connectivity index (χ1n) is 9.53. The van der Waals surface area contributed by atoms with Crippen molar-refractivity contribution in [3.63, 3.8) is 0 Å². The third kappa shape index (κ3) is 4.59. The number of ether oxygens (including phenoxy) is 2. The van der Waals surface area contributed by atoms with Gasteiger partial charge in [-0.3, -0.25) is 9.69 Å². The second-order valence-corrected chi connectivity index (χ2v) is 7.45. The van der Waals surface area contributed by atoms with E-state index in [9.17, 15) is 4.79 Å². The Balaban J connectivity index is 1.70. The van der Waals surface area contributed by atoms with Gasteiger partial charge in [-0.05, 0) is 56.1 Å². The van der Waals surface area contributed by atoms with Crippen LogP contribution in [0.2, 0.25) is 5.02 Å². The predicted molar refractivity (Wildman–Crippen MR) is 111 cm³/mol. The smallest absolute Gasteiger partial charge is 0.234 e. The van der Waals surface area contributed by atoms with Crippen LogP contribution in [0.3, 0.4) is 0 Å². The quantitative estimate of drug-likeness (QED) is 0.747. The monoisotopic (exact) mass is 402 g/mol. The molecule has 150 valence electrons. The van der Waals surface area contributed by atoms with E-state index >= 15 is 0 Å². The van der Waals surface area contributed by atoms with Crippen LogP contribution in [-0.2, 0) is 4.79 Å². The van der Waals surface area contributed by atoms with Crippen LogP contribution in [0.25, 0.3) is 0 Å². The molecule has 0 spiro atoms. The third-order valence-electron chi connectivity index (χ3n) is 5.26. The Bertz CT molecular complexity index is 827. The van der Waals surface area contributed by atoms with Gasteiger partial charge in [0, 0.05) is 16.6 Å². The molecule has 0 saturated carbocycles. The maximum Gasteiger partial charge on any atom is 0.234 e. The summed E-state index contributed by atoms with van der Waals surface area (Å²) in [5, 5.41) is 3.73. The van der Waals surface area contributed by atoms with Gasteiger partial charge < -0.3 is 14.8 Å². The average Bonchev–Trinajstić information content (AvgIpc) is 3.15. The Hall–Kier alpha value is -2.24. The summed E-state index contributed by atoms with van der Waals surface area (Å²) in [6.45, 7) is 3.16. The fourth-order valence-electron chi connectivity index (χ4n) is 3.84. The van der Waals surface area contributed by atoms with Crippen molar-refractivity contribution in [2.24, 2.45) is 0 Å². The van der Waals surface area contributed by atoms with E-state index in [1.165, 1.54) is 0 Å². The maximum absolute atomic E-state index is 12.7. The second-order valence-electron chi connectivity index (χ2n) is 7.05. The Morgan fingerprint density at radius 3 is 2.75 bits per heavy atom. The van der Waals surface area contributed by atoms with Crippen molar-refractivity contribution >= 4 is 17.5 Å². The number of carbonyl (C=O) groups is 1. The van der Waals surface area contributed by atoms with E-state index in [0.29, 0.717) is 11.6 Å². The summed E-state index contributed by atoms with van der Waals surface area (Å²) < 4.78 is 10.9. The molecule has 1 aliphatic rings. The molecule has 1 N–H and O–H groups in total. The molecular weight excluding hydrogens is 376 g/mol. The van der Waals surface area contributed by atoms with Gasteiger partial charge >= 0.3 is 0 Å². The van der Waals surface area contributed by atoms with Crippen molar-refractivity contribution in [1.82, 2.24) is 10.2 Å². The first kappa shape index (κ1) is 20.5. The van der Waals surface area contributed by atoms with Crippen molar-refractivity contribution < 1.29 is 14.3 Å². The molecule has 0 radical (unpaired) electrons. The van der Waals surface area contributed by atoms with Gasteiger partial charge in [0.1, 0.15) is 11.5 Å². The molecule has 0 bridgehead atoms. The lowest BCUT2D eigenvalue weighted by molar-refractivity contribution is -0.123. The lowest BCUT2D eigenvalue weighted by atomic mass is 10.0. The van der Waals surface area contributed by atoms with E-state index in [2.05, 4.69) is 10.2 Å². The number of rotatable bonds is 7. The summed E-state index contributed by atoms with van der Waals surface area (Å²) in [6.07, 6.45) is 2.02. The second kappa shape index (κ2) is 9.30. The number of halogens is 1. The zero-order valence-electron chi connectivity index (χ0n) is 16.6. The third-order valence-corrected chi connectivity index (χ3v) is 5.60. The number of hydrogen-bond donors (Lipinski definition) is 1. The molecule has 0 aromatic heterocycles. The van der Waals surface area contributed by atoms with Gasteiger partial charge in [-0.15, -0.1) is 0 Å². The Morgan fingerprint density at radius 2 is 2.04 bits per heavy atom. The van der Waals surface area contributed by atoms with Crippen LogP contribution in [-0.4, -0.2) is 38.1 Å². The highest BCUT2D eigenvalue weighted by Gasteiger charge is 2.30. The zero-order chi connectivity index (χ0) is 20.1. The summed E-state index contributed by atoms with van der Waals surface area (Å²) in [4.78, 5) is 14.9. The van der Waals surface area contributed by atoms with Crippen molar-refractivity contribution in [3.8, 4) is 11.5 Å². The van der Waals surface area contributed by atoms with Crippen molar-refractivity contribution in [2.75, 3.05) is 27.3 Å². The highest BCUT2D eigenvalue weighted by Crippen LogP contribution is 2.38. The zero-order valence-corrected chi connectivity index (χ0v) is 17.3. The number of carbonyl (C=O) groups excluding carboxylic acids is 1. The van der Waals surface area contributed by atoms with Crippen LogP contribution in [0.4, 0.5) is 0 Å². The van der Waals surface area contributed by atoms with Crippen LogP contribution in [0.5, 0.6) is 11.5 Å². The molecule has 3 rings (SSSR count). The average molecular weight is 403 g/mol. The number of benzene rings is 2. The van der Waals surface area contributed by atoms with E-state index in [-0.39, 0.29) is 18.0 Å². The van der Waals surface area contributed by atoms with Gasteiger partial charge in [0.05, 0.1) is 26.8 Å². The molecule has 28 heavy (non-hydrogen) atoms. The Labute approximate surface area is 171 Å². The van der Waals surface area contributed by atoms with E-state index in [4.69, 9.17) is 21.1 Å². The van der Waals surface area contributed by atoms with Gasteiger partial charge in [0.15, 0.2) is 0 Å². The molecule has 2 aromatic carbocycles. The predicted octanol–water partition coefficient (Wildman–Crippen LogP) is 4.37. The molecule has 2 atom stereocenters. The number of likely N-dealkylation sites (tertiary alicyclic amines) is 1. The van der Waals surface area contributed by atoms with Gasteiger partial charge in [-0.2, -0.15) is 0 Å². The van der Waals surface area contributed by atoms with Gasteiger partial charge in [0.2, 0.25) is 5.91 Å². The molecule has 0 unspecified atom stereocenters. The highest BCUT2D eigenvalue weighted by atomic mass is 35.5. The Kier molecular flexibility index (Phi) is 6.81. The van der Waals surface area contributed by atoms with Crippen LogP contribution in [0.15, 0.2) is 42.5 Å². The Morgan fingerprint density at radius 1 is 1.25 bits per heavy atom. The summed E-state index contributed by atoms with van der Waals surface area (Å²) in [5.74, 6) is 1.60. The topological polar surface area (TPSA) is 50.8 Å². The number of hydrogen-bond acceptors (Lipinski definition) is 4. The van der Waals surface area contributed by atoms with Crippen LogP contribution in [0.1, 0.15) is 43.0 Å². The fourth-order valence-corrected chi connectivity index (χ4v) is 4.14. The minimum Gasteiger partial charge on any atom is -0.497 e. The molecule has 1 amide bonds. The highest BCUT2D eigenvalue weighted by molar-refractivity contribution is 6.31. The lowest BCUT2D eigenvalue weighted by Gasteiger charge is -2.26. The van der Waals surface area contributed by atoms with Crippen LogP contribution < -0.4 is 14.8 Å². The largest absolute Gasteiger partial charge is 0.497 e. The SMILES string of the molecule is COc1ccc(OC)c([C@H]2CCCN2CC(=O)N[C@@H](C)c2ccccc2Cl)c1. The van der Waals surface area contributed by atoms with Crippen molar-refractivity contribution in [2.45, 2.75) is 31.8 Å². The maximum atomic E-state index is 12.7. The normalized spacial score (nSPS) is 17.9. The van der Waals surface area contributed by atoms with E-state index in [1.807, 2.05) is 49.4 Å². The van der Waals surface area contributed by atoms with Crippen molar-refractivity contribution in [3.05, 3.63) is 58.6 Å². The molecule has 0 aliphatic carbocycles. The first-order chi connectivity index (χ1) is 13.5. The molecule has 1 fully saturated rings. The van der Waals surface area contributed by atoms with Crippen LogP contribution in [0, 0.1) is 0 Å². The lowest BCUT2D eigenvalue weighted by Crippen LogP contribution is -2.38. The molecule has 6 heteroatoms. The molecule has 1 heterocycles. The minimum atomic E-state index is -0.145. The van der Waals surface area contributed by atoms with E-state index in [0.717, 1.165) is 42.0 Å². The number of methoxy groups -OCH3 is 2. The fraction of sp³-hybridized carbons (Fsp3) is 0.409. The molecule has 2 aromatic rings. The summed E-state index contributed by atoms with van der Waals surface area (Å²) in [7, 11) is 3.32. The van der Waals surface area contributed by atoms with E-state index in [1.54, 1.807) is 14.2 Å². The standard InChI is InChI=1S/C22H27ClN2O3/c1-15(17-7-4-5-8-19(17)23)24-22(26)14-25-12-6-9-20(25)18-13-16(27-2)10-11-21(18)28-3/h4-5,7-8,10-11,13,15,20H,6,9,12,14H2,1-3H3,(H,24,26)/t15-,20+/m0/s1. The summed E-state index contributed by atoms with van der Waals surface area (Å²) in [5.41, 5.74) is 1.98. The number of nitrogens with zero attached hydrogens (tertiary/aromatic N) is 1. The van der Waals surface area contributed by atoms with Gasteiger partial charge in [0.25, 0.3) is 0 Å². The van der Waals surface area contributed by atoms with E-state index < -0.39 is 0 Å². The van der Waals surface area contributed by atoms with Gasteiger partial charge in [-0.25, -0.2) is 0 Å². The molecule has 1 saturated heterocycles. The number of nitrogens with one attached hydrogen (secondary N) is 1. The minimum absolute atomic E-state index is 0.0128. The molecule has 5 nitrogen and oxygen atoms in total. The first-order valence-corrected chi connectivity index (χ1v) is 9.91. The molecular formula is C22H27ClN2O3. The van der Waals surface area contributed by atoms with Gasteiger partial charge in [-0.1, -0.05) is 29.8 Å². The summed E-state index contributed by atoms with van der Waals surface area (Å²) >= 11 is 6.25. The van der Waals surface area contributed by atoms with Crippen molar-refractivity contribution in [1.29, 1.82) is 0 Å². The summed E-state index contributed by atoms with van der Waals surface area (Å²) in [6, 6.07) is 13.4.